The van der Waals surface area contributed by atoms with E-state index in [9.17, 15) is 4.39 Å². The van der Waals surface area contributed by atoms with Crippen molar-refractivity contribution in [1.82, 2.24) is 15.2 Å². The lowest BCUT2D eigenvalue weighted by molar-refractivity contribution is 0.494. The zero-order chi connectivity index (χ0) is 13.9. The van der Waals surface area contributed by atoms with Gasteiger partial charge in [0.25, 0.3) is 0 Å². The van der Waals surface area contributed by atoms with Crippen LogP contribution in [0.2, 0.25) is 0 Å². The Labute approximate surface area is 116 Å². The minimum absolute atomic E-state index is 0.263. The maximum atomic E-state index is 12.9. The van der Waals surface area contributed by atoms with Crippen LogP contribution in [-0.2, 0) is 0 Å². The fraction of sp³-hybridized carbons (Fsp3) is 0.357. The van der Waals surface area contributed by atoms with Crippen molar-refractivity contribution < 1.29 is 4.39 Å². The molecule has 0 amide bonds. The van der Waals surface area contributed by atoms with Gasteiger partial charge in [-0.2, -0.15) is 5.10 Å². The van der Waals surface area contributed by atoms with Gasteiger partial charge in [0.2, 0.25) is 5.95 Å². The Bertz CT molecular complexity index is 578. The maximum Gasteiger partial charge on any atom is 0.245 e. The van der Waals surface area contributed by atoms with Crippen molar-refractivity contribution in [3.63, 3.8) is 0 Å². The second-order valence-electron chi connectivity index (χ2n) is 4.97. The molecule has 1 fully saturated rings. The number of benzene rings is 1. The number of anilines is 1. The molecule has 0 atom stereocenters. The minimum Gasteiger partial charge on any atom is -0.339 e. The number of hydrogen-bond acceptors (Lipinski definition) is 5. The van der Waals surface area contributed by atoms with Gasteiger partial charge in [0, 0.05) is 24.7 Å². The molecule has 0 radical (unpaired) electrons. The summed E-state index contributed by atoms with van der Waals surface area (Å²) in [6, 6.07) is 6.47. The summed E-state index contributed by atoms with van der Waals surface area (Å²) in [5, 5.41) is 8.08. The first kappa shape index (κ1) is 12.9. The molecular weight excluding hydrogens is 257 g/mol. The monoisotopic (exact) mass is 273 g/mol. The number of aromatic nitrogens is 3. The third-order valence-electron chi connectivity index (χ3n) is 3.51. The van der Waals surface area contributed by atoms with E-state index < -0.39 is 0 Å². The number of hydrogen-bond donors (Lipinski definition) is 1. The molecule has 20 heavy (non-hydrogen) atoms. The van der Waals surface area contributed by atoms with Gasteiger partial charge in [0.15, 0.2) is 0 Å². The second-order valence-corrected chi connectivity index (χ2v) is 4.97. The van der Waals surface area contributed by atoms with E-state index in [4.69, 9.17) is 5.73 Å². The molecule has 1 saturated heterocycles. The molecule has 0 saturated carbocycles. The van der Waals surface area contributed by atoms with E-state index in [1.807, 2.05) is 0 Å². The van der Waals surface area contributed by atoms with Crippen LogP contribution in [0, 0.1) is 5.82 Å². The molecular formula is C14H16FN5. The van der Waals surface area contributed by atoms with Gasteiger partial charge in [-0.25, -0.2) is 9.37 Å². The van der Waals surface area contributed by atoms with Gasteiger partial charge < -0.3 is 10.6 Å². The molecule has 3 rings (SSSR count). The highest BCUT2D eigenvalue weighted by Gasteiger charge is 2.19. The van der Waals surface area contributed by atoms with Crippen molar-refractivity contribution >= 4 is 5.95 Å². The predicted molar refractivity (Wildman–Crippen MR) is 74.6 cm³/mol. The van der Waals surface area contributed by atoms with E-state index in [0.717, 1.165) is 31.5 Å². The van der Waals surface area contributed by atoms with Gasteiger partial charge in [-0.15, -0.1) is 5.10 Å². The highest BCUT2D eigenvalue weighted by Crippen LogP contribution is 2.20. The summed E-state index contributed by atoms with van der Waals surface area (Å²) in [7, 11) is 0. The summed E-state index contributed by atoms with van der Waals surface area (Å²) >= 11 is 0. The molecule has 1 aliphatic heterocycles. The Morgan fingerprint density at radius 3 is 2.55 bits per heavy atom. The summed E-state index contributed by atoms with van der Waals surface area (Å²) < 4.78 is 12.9. The summed E-state index contributed by atoms with van der Waals surface area (Å²) in [6.07, 6.45) is 3.46. The third-order valence-corrected chi connectivity index (χ3v) is 3.51. The van der Waals surface area contributed by atoms with Gasteiger partial charge in [0.1, 0.15) is 5.82 Å². The second kappa shape index (κ2) is 5.50. The maximum absolute atomic E-state index is 12.9. The molecule has 0 bridgehead atoms. The van der Waals surface area contributed by atoms with E-state index >= 15 is 0 Å². The lowest BCUT2D eigenvalue weighted by atomic mass is 10.1. The van der Waals surface area contributed by atoms with Crippen molar-refractivity contribution in [3.05, 3.63) is 36.3 Å². The molecule has 2 heterocycles. The van der Waals surface area contributed by atoms with Crippen molar-refractivity contribution in [2.45, 2.75) is 18.9 Å². The van der Waals surface area contributed by atoms with Crippen LogP contribution in [-0.4, -0.2) is 34.3 Å². The van der Waals surface area contributed by atoms with Crippen molar-refractivity contribution in [3.8, 4) is 11.3 Å². The van der Waals surface area contributed by atoms with Crippen LogP contribution in [0.25, 0.3) is 11.3 Å². The van der Waals surface area contributed by atoms with Crippen LogP contribution in [0.5, 0.6) is 0 Å². The van der Waals surface area contributed by atoms with Gasteiger partial charge >= 0.3 is 0 Å². The van der Waals surface area contributed by atoms with Gasteiger partial charge in [0.05, 0.1) is 11.9 Å². The molecule has 6 heteroatoms. The van der Waals surface area contributed by atoms with E-state index in [1.165, 1.54) is 12.1 Å². The van der Waals surface area contributed by atoms with Gasteiger partial charge in [-0.1, -0.05) is 0 Å². The average molecular weight is 273 g/mol. The number of nitrogens with two attached hydrogens (primary N) is 1. The largest absolute Gasteiger partial charge is 0.339 e. The molecule has 2 N–H and O–H groups in total. The fourth-order valence-electron chi connectivity index (χ4n) is 2.29. The van der Waals surface area contributed by atoms with Crippen LogP contribution in [0.4, 0.5) is 10.3 Å². The topological polar surface area (TPSA) is 67.9 Å². The summed E-state index contributed by atoms with van der Waals surface area (Å²) in [6.45, 7) is 1.69. The zero-order valence-electron chi connectivity index (χ0n) is 11.0. The average Bonchev–Trinajstić information content (AvgIpc) is 2.49. The van der Waals surface area contributed by atoms with Crippen molar-refractivity contribution in [2.24, 2.45) is 5.73 Å². The van der Waals surface area contributed by atoms with E-state index in [1.54, 1.807) is 18.3 Å². The Kier molecular flexibility index (Phi) is 3.56. The Morgan fingerprint density at radius 1 is 1.15 bits per heavy atom. The highest BCUT2D eigenvalue weighted by molar-refractivity contribution is 5.59. The summed E-state index contributed by atoms with van der Waals surface area (Å²) in [5.74, 6) is 0.347. The SMILES string of the molecule is NC1CCN(c2nncc(-c3ccc(F)cc3)n2)CC1. The number of halogens is 1. The minimum atomic E-state index is -0.263. The van der Waals surface area contributed by atoms with E-state index in [-0.39, 0.29) is 11.9 Å². The molecule has 1 aromatic carbocycles. The molecule has 1 aromatic heterocycles. The lowest BCUT2D eigenvalue weighted by Gasteiger charge is -2.29. The first-order valence-corrected chi connectivity index (χ1v) is 6.68. The van der Waals surface area contributed by atoms with Crippen LogP contribution >= 0.6 is 0 Å². The normalized spacial score (nSPS) is 16.4. The van der Waals surface area contributed by atoms with Crippen LogP contribution < -0.4 is 10.6 Å². The smallest absolute Gasteiger partial charge is 0.245 e. The molecule has 1 aliphatic rings. The number of rotatable bonds is 2. The molecule has 0 spiro atoms. The Morgan fingerprint density at radius 2 is 1.85 bits per heavy atom. The zero-order valence-corrected chi connectivity index (χ0v) is 11.0. The number of piperidine rings is 1. The Balaban J connectivity index is 1.84. The highest BCUT2D eigenvalue weighted by atomic mass is 19.1. The molecule has 5 nitrogen and oxygen atoms in total. The van der Waals surface area contributed by atoms with Gasteiger partial charge in [-0.05, 0) is 37.1 Å². The lowest BCUT2D eigenvalue weighted by Crippen LogP contribution is -2.40. The third kappa shape index (κ3) is 2.75. The van der Waals surface area contributed by atoms with Crippen LogP contribution in [0.1, 0.15) is 12.8 Å². The van der Waals surface area contributed by atoms with Gasteiger partial charge in [-0.3, -0.25) is 0 Å². The molecule has 0 aliphatic carbocycles. The van der Waals surface area contributed by atoms with Crippen molar-refractivity contribution in [1.29, 1.82) is 0 Å². The standard InChI is InChI=1S/C14H16FN5/c15-11-3-1-10(2-4-11)13-9-17-19-14(18-13)20-7-5-12(16)6-8-20/h1-4,9,12H,5-8,16H2. The predicted octanol–water partition coefficient (Wildman–Crippen LogP) is 1.61. The van der Waals surface area contributed by atoms with Crippen molar-refractivity contribution in [2.75, 3.05) is 18.0 Å². The first-order valence-electron chi connectivity index (χ1n) is 6.68. The molecule has 104 valence electrons. The summed E-state index contributed by atoms with van der Waals surface area (Å²) in [4.78, 5) is 6.60. The van der Waals surface area contributed by atoms with E-state index in [0.29, 0.717) is 11.6 Å². The first-order chi connectivity index (χ1) is 9.72. The van der Waals surface area contributed by atoms with E-state index in [2.05, 4.69) is 20.1 Å². The Hall–Kier alpha value is -2.08. The fourth-order valence-corrected chi connectivity index (χ4v) is 2.29. The summed E-state index contributed by atoms with van der Waals surface area (Å²) in [5.41, 5.74) is 7.42. The number of nitrogens with zero attached hydrogens (tertiary/aromatic N) is 4. The van der Waals surface area contributed by atoms with Crippen LogP contribution in [0.3, 0.4) is 0 Å². The quantitative estimate of drug-likeness (QED) is 0.900. The van der Waals surface area contributed by atoms with Crippen LogP contribution in [0.15, 0.2) is 30.5 Å². The molecule has 2 aromatic rings. The molecule has 0 unspecified atom stereocenters.